The summed E-state index contributed by atoms with van der Waals surface area (Å²) in [5.74, 6) is 1.91. The maximum atomic E-state index is 13.6. The highest BCUT2D eigenvalue weighted by Gasteiger charge is 2.30. The van der Waals surface area contributed by atoms with Crippen molar-refractivity contribution in [3.05, 3.63) is 102 Å². The number of aromatic nitrogens is 3. The molecule has 8 nitrogen and oxygen atoms in total. The first-order valence-corrected chi connectivity index (χ1v) is 15.5. The van der Waals surface area contributed by atoms with Crippen molar-refractivity contribution >= 4 is 23.6 Å². The predicted octanol–water partition coefficient (Wildman–Crippen LogP) is 5.64. The molecule has 0 aliphatic carbocycles. The van der Waals surface area contributed by atoms with Crippen LogP contribution < -0.4 is 4.74 Å². The van der Waals surface area contributed by atoms with Crippen molar-refractivity contribution in [3.8, 4) is 11.4 Å². The number of piperazine rings is 1. The van der Waals surface area contributed by atoms with Crippen LogP contribution in [0.1, 0.15) is 47.9 Å². The molecular formula is C33H36FN5O3S. The van der Waals surface area contributed by atoms with Crippen LogP contribution in [0.4, 0.5) is 4.39 Å². The summed E-state index contributed by atoms with van der Waals surface area (Å²) in [6.45, 7) is 3.32. The molecule has 4 aromatic rings. The number of nitrogens with zero attached hydrogens (tertiary/aromatic N) is 5. The van der Waals surface area contributed by atoms with E-state index < -0.39 is 5.82 Å². The topological polar surface area (TPSA) is 80.6 Å². The Hall–Kier alpha value is -4.18. The van der Waals surface area contributed by atoms with Gasteiger partial charge in [0.2, 0.25) is 5.91 Å². The van der Waals surface area contributed by atoms with Gasteiger partial charge in [0.1, 0.15) is 17.4 Å². The van der Waals surface area contributed by atoms with Crippen LogP contribution in [-0.2, 0) is 11.2 Å². The van der Waals surface area contributed by atoms with Crippen molar-refractivity contribution in [2.45, 2.75) is 43.8 Å². The number of benzene rings is 3. The molecule has 0 bridgehead atoms. The first kappa shape index (κ1) is 30.3. The third-order valence-corrected chi connectivity index (χ3v) is 8.58. The number of ether oxygens (including phenoxy) is 1. The lowest BCUT2D eigenvalue weighted by Crippen LogP contribution is -2.55. The predicted molar refractivity (Wildman–Crippen MR) is 165 cm³/mol. The van der Waals surface area contributed by atoms with Gasteiger partial charge in [-0.3, -0.25) is 14.2 Å². The van der Waals surface area contributed by atoms with Crippen LogP contribution in [0.5, 0.6) is 5.75 Å². The fourth-order valence-corrected chi connectivity index (χ4v) is 6.22. The summed E-state index contributed by atoms with van der Waals surface area (Å²) < 4.78 is 21.0. The Balaban J connectivity index is 1.13. The maximum absolute atomic E-state index is 13.6. The van der Waals surface area contributed by atoms with Gasteiger partial charge < -0.3 is 14.5 Å². The molecule has 1 fully saturated rings. The zero-order valence-electron chi connectivity index (χ0n) is 24.5. The lowest BCUT2D eigenvalue weighted by Gasteiger charge is -2.40. The van der Waals surface area contributed by atoms with Crippen LogP contribution in [0.3, 0.4) is 0 Å². The largest absolute Gasteiger partial charge is 0.497 e. The van der Waals surface area contributed by atoms with E-state index in [2.05, 4.69) is 26.9 Å². The number of hydrogen-bond donors (Lipinski definition) is 0. The normalized spacial score (nSPS) is 15.0. The number of hydrogen-bond acceptors (Lipinski definition) is 6. The first-order chi connectivity index (χ1) is 20.9. The summed E-state index contributed by atoms with van der Waals surface area (Å²) in [5.41, 5.74) is 2.46. The smallest absolute Gasteiger partial charge is 0.254 e. The number of halogens is 1. The van der Waals surface area contributed by atoms with E-state index in [-0.39, 0.29) is 17.9 Å². The van der Waals surface area contributed by atoms with E-state index in [4.69, 9.17) is 4.74 Å². The highest BCUT2D eigenvalue weighted by Crippen LogP contribution is 2.26. The molecule has 43 heavy (non-hydrogen) atoms. The second-order valence-electron chi connectivity index (χ2n) is 10.6. The average molecular weight is 602 g/mol. The Morgan fingerprint density at radius 3 is 2.49 bits per heavy atom. The van der Waals surface area contributed by atoms with Gasteiger partial charge in [-0.2, -0.15) is 0 Å². The van der Waals surface area contributed by atoms with Crippen molar-refractivity contribution in [1.82, 2.24) is 24.6 Å². The van der Waals surface area contributed by atoms with Gasteiger partial charge >= 0.3 is 0 Å². The van der Waals surface area contributed by atoms with E-state index in [0.717, 1.165) is 46.6 Å². The zero-order chi connectivity index (χ0) is 30.2. The van der Waals surface area contributed by atoms with Crippen LogP contribution in [0.15, 0.2) is 84.0 Å². The van der Waals surface area contributed by atoms with Gasteiger partial charge in [-0.25, -0.2) is 4.39 Å². The molecule has 1 unspecified atom stereocenters. The molecule has 0 saturated carbocycles. The standard InChI is InChI=1S/C33H36FN5O3S/c1-24-23-37(18-19-38(24)32(41)26-11-8-12-27(34)22-26)31(40)13-6-7-20-43-33-36-35-30(21-25-9-4-3-5-10-25)39(33)28-14-16-29(42-2)17-15-28/h3-5,8-12,14-17,22,24H,6-7,13,18-21,23H2,1-2H3. The number of carbonyl (C=O) groups excluding carboxylic acids is 2. The molecule has 2 amide bonds. The molecule has 224 valence electrons. The minimum atomic E-state index is -0.431. The highest BCUT2D eigenvalue weighted by atomic mass is 32.2. The molecular weight excluding hydrogens is 565 g/mol. The Morgan fingerprint density at radius 1 is 0.977 bits per heavy atom. The first-order valence-electron chi connectivity index (χ1n) is 14.5. The second-order valence-corrected chi connectivity index (χ2v) is 11.7. The van der Waals surface area contributed by atoms with Crippen molar-refractivity contribution in [2.24, 2.45) is 0 Å². The number of rotatable bonds is 11. The third-order valence-electron chi connectivity index (χ3n) is 7.56. The molecule has 3 aromatic carbocycles. The summed E-state index contributed by atoms with van der Waals surface area (Å²) in [5, 5.41) is 9.85. The summed E-state index contributed by atoms with van der Waals surface area (Å²) in [6, 6.07) is 23.7. The average Bonchev–Trinajstić information content (AvgIpc) is 3.42. The fraction of sp³-hybridized carbons (Fsp3) is 0.333. The van der Waals surface area contributed by atoms with Gasteiger partial charge in [-0.05, 0) is 67.8 Å². The lowest BCUT2D eigenvalue weighted by atomic mass is 10.1. The summed E-state index contributed by atoms with van der Waals surface area (Å²) in [4.78, 5) is 29.4. The van der Waals surface area contributed by atoms with Crippen LogP contribution >= 0.6 is 11.8 Å². The molecule has 1 aliphatic heterocycles. The van der Waals surface area contributed by atoms with E-state index in [1.165, 1.54) is 18.2 Å². The molecule has 0 radical (unpaired) electrons. The van der Waals surface area contributed by atoms with Gasteiger partial charge in [0, 0.05) is 55.5 Å². The van der Waals surface area contributed by atoms with E-state index in [1.807, 2.05) is 54.3 Å². The van der Waals surface area contributed by atoms with Gasteiger partial charge in [0.15, 0.2) is 5.16 Å². The van der Waals surface area contributed by atoms with E-state index in [1.54, 1.807) is 29.8 Å². The second kappa shape index (κ2) is 14.3. The van der Waals surface area contributed by atoms with E-state index >= 15 is 0 Å². The van der Waals surface area contributed by atoms with Crippen molar-refractivity contribution in [3.63, 3.8) is 0 Å². The molecule has 1 saturated heterocycles. The fourth-order valence-electron chi connectivity index (χ4n) is 5.25. The van der Waals surface area contributed by atoms with Crippen LogP contribution in [0.25, 0.3) is 5.69 Å². The van der Waals surface area contributed by atoms with Gasteiger partial charge in [-0.15, -0.1) is 10.2 Å². The van der Waals surface area contributed by atoms with Crippen molar-refractivity contribution in [1.29, 1.82) is 0 Å². The van der Waals surface area contributed by atoms with Gasteiger partial charge in [-0.1, -0.05) is 48.2 Å². The van der Waals surface area contributed by atoms with Gasteiger partial charge in [0.05, 0.1) is 7.11 Å². The Labute approximate surface area is 255 Å². The summed E-state index contributed by atoms with van der Waals surface area (Å²) >= 11 is 1.64. The number of amides is 2. The Morgan fingerprint density at radius 2 is 1.77 bits per heavy atom. The number of thioether (sulfide) groups is 1. The summed E-state index contributed by atoms with van der Waals surface area (Å²) in [6.07, 6.45) is 2.73. The monoisotopic (exact) mass is 601 g/mol. The molecule has 1 aliphatic rings. The highest BCUT2D eigenvalue weighted by molar-refractivity contribution is 7.99. The molecule has 2 heterocycles. The van der Waals surface area contributed by atoms with E-state index in [9.17, 15) is 14.0 Å². The third kappa shape index (κ3) is 7.62. The quantitative estimate of drug-likeness (QED) is 0.164. The van der Waals surface area contributed by atoms with Gasteiger partial charge in [0.25, 0.3) is 5.91 Å². The molecule has 0 spiro atoms. The number of methoxy groups -OCH3 is 1. The zero-order valence-corrected chi connectivity index (χ0v) is 25.3. The SMILES string of the molecule is COc1ccc(-n2c(Cc3ccccc3)nnc2SCCCCC(=O)N2CCN(C(=O)c3cccc(F)c3)C(C)C2)cc1. The van der Waals surface area contributed by atoms with Crippen LogP contribution in [0, 0.1) is 5.82 Å². The maximum Gasteiger partial charge on any atom is 0.254 e. The minimum Gasteiger partial charge on any atom is -0.497 e. The lowest BCUT2D eigenvalue weighted by molar-refractivity contribution is -0.133. The van der Waals surface area contributed by atoms with Crippen LogP contribution in [-0.4, -0.2) is 74.9 Å². The van der Waals surface area contributed by atoms with Crippen molar-refractivity contribution in [2.75, 3.05) is 32.5 Å². The number of unbranched alkanes of at least 4 members (excludes halogenated alkanes) is 1. The molecule has 1 aromatic heterocycles. The summed E-state index contributed by atoms with van der Waals surface area (Å²) in [7, 11) is 1.65. The minimum absolute atomic E-state index is 0.0984. The molecule has 1 atom stereocenters. The van der Waals surface area contributed by atoms with Crippen molar-refractivity contribution < 1.29 is 18.7 Å². The molecule has 5 rings (SSSR count). The Bertz CT molecular complexity index is 1530. The molecule has 10 heteroatoms. The Kier molecular flexibility index (Phi) is 10.1. The van der Waals surface area contributed by atoms with E-state index in [0.29, 0.717) is 38.0 Å². The molecule has 0 N–H and O–H groups in total. The van der Waals surface area contributed by atoms with Crippen LogP contribution in [0.2, 0.25) is 0 Å². The number of carbonyl (C=O) groups is 2.